The molecule has 21 heavy (non-hydrogen) atoms. The van der Waals surface area contributed by atoms with Gasteiger partial charge in [0.05, 0.1) is 0 Å². The first-order valence-corrected chi connectivity index (χ1v) is 7.61. The van der Waals surface area contributed by atoms with Crippen molar-refractivity contribution in [3.05, 3.63) is 23.8 Å². The predicted molar refractivity (Wildman–Crippen MR) is 87.4 cm³/mol. The van der Waals surface area contributed by atoms with Crippen LogP contribution in [0, 0.1) is 6.92 Å². The van der Waals surface area contributed by atoms with Crippen LogP contribution in [-0.2, 0) is 4.79 Å². The highest BCUT2D eigenvalue weighted by Crippen LogP contribution is 2.17. The monoisotopic (exact) mass is 290 g/mol. The molecule has 1 saturated heterocycles. The van der Waals surface area contributed by atoms with Crippen LogP contribution in [0.5, 0.6) is 0 Å². The molecule has 5 nitrogen and oxygen atoms in total. The van der Waals surface area contributed by atoms with Crippen molar-refractivity contribution in [2.24, 2.45) is 0 Å². The van der Waals surface area contributed by atoms with Gasteiger partial charge in [-0.25, -0.2) is 0 Å². The molecule has 0 aromatic heterocycles. The highest BCUT2D eigenvalue weighted by Gasteiger charge is 2.13. The Morgan fingerprint density at radius 3 is 2.67 bits per heavy atom. The zero-order valence-electron chi connectivity index (χ0n) is 13.1. The summed E-state index contributed by atoms with van der Waals surface area (Å²) in [6, 6.07) is 5.55. The van der Waals surface area contributed by atoms with E-state index in [2.05, 4.69) is 22.2 Å². The molecule has 0 aliphatic carbocycles. The van der Waals surface area contributed by atoms with Crippen LogP contribution >= 0.6 is 0 Å². The van der Waals surface area contributed by atoms with Gasteiger partial charge in [0.1, 0.15) is 0 Å². The third kappa shape index (κ3) is 5.02. The van der Waals surface area contributed by atoms with E-state index in [0.717, 1.165) is 56.1 Å². The number of nitrogens with one attached hydrogen (secondary N) is 1. The molecule has 1 amide bonds. The summed E-state index contributed by atoms with van der Waals surface area (Å²) in [6.07, 6.45) is 1.47. The Hall–Kier alpha value is -1.59. The molecule has 1 aliphatic heterocycles. The first kappa shape index (κ1) is 15.8. The van der Waals surface area contributed by atoms with Gasteiger partial charge in [0, 0.05) is 44.0 Å². The lowest BCUT2D eigenvalue weighted by Gasteiger charge is -2.32. The SMILES string of the molecule is Cc1cc(N)ccc1NC(=O)CCCN1CCN(C)CC1. The van der Waals surface area contributed by atoms with Crippen molar-refractivity contribution in [2.45, 2.75) is 19.8 Å². The van der Waals surface area contributed by atoms with Gasteiger partial charge >= 0.3 is 0 Å². The number of nitrogens with two attached hydrogens (primary N) is 1. The van der Waals surface area contributed by atoms with E-state index in [1.165, 1.54) is 0 Å². The molecular formula is C16H26N4O. The maximum atomic E-state index is 12.0. The number of piperazine rings is 1. The minimum Gasteiger partial charge on any atom is -0.399 e. The van der Waals surface area contributed by atoms with Crippen LogP contribution in [0.2, 0.25) is 0 Å². The van der Waals surface area contributed by atoms with E-state index >= 15 is 0 Å². The van der Waals surface area contributed by atoms with Gasteiger partial charge < -0.3 is 20.9 Å². The Kier molecular flexibility index (Phi) is 5.59. The summed E-state index contributed by atoms with van der Waals surface area (Å²) in [5.74, 6) is 0.0806. The number of aryl methyl sites for hydroxylation is 1. The van der Waals surface area contributed by atoms with Gasteiger partial charge in [-0.15, -0.1) is 0 Å². The Balaban J connectivity index is 1.70. The van der Waals surface area contributed by atoms with Crippen LogP contribution in [0.15, 0.2) is 18.2 Å². The minimum absolute atomic E-state index is 0.0806. The topological polar surface area (TPSA) is 61.6 Å². The van der Waals surface area contributed by atoms with Gasteiger partial charge in [-0.3, -0.25) is 4.79 Å². The number of nitrogens with zero attached hydrogens (tertiary/aromatic N) is 2. The fraction of sp³-hybridized carbons (Fsp3) is 0.562. The van der Waals surface area contributed by atoms with E-state index in [4.69, 9.17) is 5.73 Å². The van der Waals surface area contributed by atoms with Gasteiger partial charge in [-0.05, 0) is 50.7 Å². The number of hydrogen-bond donors (Lipinski definition) is 2. The van der Waals surface area contributed by atoms with Crippen LogP contribution in [0.1, 0.15) is 18.4 Å². The average Bonchev–Trinajstić information content (AvgIpc) is 2.44. The number of carbonyl (C=O) groups is 1. The zero-order chi connectivity index (χ0) is 15.2. The summed E-state index contributed by atoms with van der Waals surface area (Å²) in [5, 5.41) is 2.96. The van der Waals surface area contributed by atoms with Gasteiger partial charge in [-0.1, -0.05) is 0 Å². The van der Waals surface area contributed by atoms with Crippen molar-refractivity contribution >= 4 is 17.3 Å². The second-order valence-electron chi connectivity index (χ2n) is 5.87. The molecule has 1 aromatic rings. The molecule has 0 bridgehead atoms. The zero-order valence-corrected chi connectivity index (χ0v) is 13.1. The van der Waals surface area contributed by atoms with Crippen LogP contribution in [-0.4, -0.2) is 55.5 Å². The Morgan fingerprint density at radius 2 is 2.00 bits per heavy atom. The first-order chi connectivity index (χ1) is 10.0. The van der Waals surface area contributed by atoms with E-state index in [0.29, 0.717) is 6.42 Å². The molecule has 0 spiro atoms. The molecule has 2 rings (SSSR count). The number of rotatable bonds is 5. The summed E-state index contributed by atoms with van der Waals surface area (Å²) in [4.78, 5) is 16.7. The maximum absolute atomic E-state index is 12.0. The van der Waals surface area contributed by atoms with Crippen LogP contribution in [0.25, 0.3) is 0 Å². The smallest absolute Gasteiger partial charge is 0.224 e. The molecule has 3 N–H and O–H groups in total. The van der Waals surface area contributed by atoms with Crippen molar-refractivity contribution < 1.29 is 4.79 Å². The molecule has 5 heteroatoms. The third-order valence-corrected chi connectivity index (χ3v) is 4.00. The Bertz CT molecular complexity index is 481. The summed E-state index contributed by atoms with van der Waals surface area (Å²) in [7, 11) is 2.15. The van der Waals surface area contributed by atoms with Crippen molar-refractivity contribution in [1.82, 2.24) is 9.80 Å². The van der Waals surface area contributed by atoms with Gasteiger partial charge in [0.25, 0.3) is 0 Å². The van der Waals surface area contributed by atoms with Crippen LogP contribution in [0.3, 0.4) is 0 Å². The van der Waals surface area contributed by atoms with Crippen LogP contribution in [0.4, 0.5) is 11.4 Å². The lowest BCUT2D eigenvalue weighted by Crippen LogP contribution is -2.44. The summed E-state index contributed by atoms with van der Waals surface area (Å²) in [5.41, 5.74) is 8.29. The molecule has 0 radical (unpaired) electrons. The van der Waals surface area contributed by atoms with Gasteiger partial charge in [-0.2, -0.15) is 0 Å². The normalized spacial score (nSPS) is 16.9. The largest absolute Gasteiger partial charge is 0.399 e. The summed E-state index contributed by atoms with van der Waals surface area (Å²) >= 11 is 0. The van der Waals surface area contributed by atoms with E-state index in [-0.39, 0.29) is 5.91 Å². The van der Waals surface area contributed by atoms with E-state index in [9.17, 15) is 4.79 Å². The minimum atomic E-state index is 0.0806. The predicted octanol–water partition coefficient (Wildman–Crippen LogP) is 1.54. The fourth-order valence-corrected chi connectivity index (χ4v) is 2.57. The van der Waals surface area contributed by atoms with Crippen LogP contribution < -0.4 is 11.1 Å². The number of benzene rings is 1. The number of likely N-dealkylation sites (N-methyl/N-ethyl adjacent to an activating group) is 1. The molecule has 1 aliphatic rings. The number of carbonyl (C=O) groups excluding carboxylic acids is 1. The van der Waals surface area contributed by atoms with E-state index < -0.39 is 0 Å². The van der Waals surface area contributed by atoms with E-state index in [1.54, 1.807) is 0 Å². The molecule has 1 aromatic carbocycles. The molecule has 1 heterocycles. The van der Waals surface area contributed by atoms with Gasteiger partial charge in [0.15, 0.2) is 0 Å². The highest BCUT2D eigenvalue weighted by atomic mass is 16.1. The van der Waals surface area contributed by atoms with Crippen molar-refractivity contribution in [3.63, 3.8) is 0 Å². The molecular weight excluding hydrogens is 264 g/mol. The quantitative estimate of drug-likeness (QED) is 0.808. The Labute approximate surface area is 127 Å². The lowest BCUT2D eigenvalue weighted by atomic mass is 10.1. The molecule has 116 valence electrons. The lowest BCUT2D eigenvalue weighted by molar-refractivity contribution is -0.116. The highest BCUT2D eigenvalue weighted by molar-refractivity contribution is 5.91. The second-order valence-corrected chi connectivity index (χ2v) is 5.87. The molecule has 1 fully saturated rings. The van der Waals surface area contributed by atoms with E-state index in [1.807, 2.05) is 25.1 Å². The van der Waals surface area contributed by atoms with Crippen molar-refractivity contribution in [1.29, 1.82) is 0 Å². The van der Waals surface area contributed by atoms with Crippen molar-refractivity contribution in [3.8, 4) is 0 Å². The maximum Gasteiger partial charge on any atom is 0.224 e. The number of nitrogen functional groups attached to an aromatic ring is 1. The molecule has 0 unspecified atom stereocenters. The van der Waals surface area contributed by atoms with Crippen molar-refractivity contribution in [2.75, 3.05) is 50.8 Å². The summed E-state index contributed by atoms with van der Waals surface area (Å²) < 4.78 is 0. The number of hydrogen-bond acceptors (Lipinski definition) is 4. The number of anilines is 2. The third-order valence-electron chi connectivity index (χ3n) is 4.00. The standard InChI is InChI=1S/C16H26N4O/c1-13-12-14(17)5-6-15(13)18-16(21)4-3-7-20-10-8-19(2)9-11-20/h5-6,12H,3-4,7-11,17H2,1-2H3,(H,18,21). The first-order valence-electron chi connectivity index (χ1n) is 7.61. The molecule has 0 saturated carbocycles. The second kappa shape index (κ2) is 7.43. The van der Waals surface area contributed by atoms with Gasteiger partial charge in [0.2, 0.25) is 5.91 Å². The Morgan fingerprint density at radius 1 is 1.29 bits per heavy atom. The summed E-state index contributed by atoms with van der Waals surface area (Å²) in [6.45, 7) is 7.41. The average molecular weight is 290 g/mol. The molecule has 0 atom stereocenters. The number of amides is 1. The fourth-order valence-electron chi connectivity index (χ4n) is 2.57.